The lowest BCUT2D eigenvalue weighted by molar-refractivity contribution is -0.128. The van der Waals surface area contributed by atoms with Crippen molar-refractivity contribution in [2.75, 3.05) is 0 Å². The second-order valence-electron chi connectivity index (χ2n) is 3.11. The van der Waals surface area contributed by atoms with E-state index >= 15 is 0 Å². The largest absolute Gasteiger partial charge is 0.378 e. The van der Waals surface area contributed by atoms with Crippen molar-refractivity contribution in [3.63, 3.8) is 0 Å². The van der Waals surface area contributed by atoms with Gasteiger partial charge in [-0.15, -0.1) is 0 Å². The molecule has 0 saturated carbocycles. The molecule has 0 spiro atoms. The van der Waals surface area contributed by atoms with Crippen LogP contribution in [0.15, 0.2) is 22.9 Å². The molecule has 0 aliphatic carbocycles. The first-order chi connectivity index (χ1) is 6.84. The van der Waals surface area contributed by atoms with Gasteiger partial charge in [0.15, 0.2) is 5.75 Å². The highest BCUT2D eigenvalue weighted by molar-refractivity contribution is 5.90. The van der Waals surface area contributed by atoms with E-state index in [-0.39, 0.29) is 5.91 Å². The average Bonchev–Trinajstić information content (AvgIpc) is 2.65. The third-order valence-electron chi connectivity index (χ3n) is 2.19. The Bertz CT molecular complexity index is 518. The number of fused-ring (bicyclic) bond motifs is 3. The van der Waals surface area contributed by atoms with Crippen LogP contribution in [-0.4, -0.2) is 11.1 Å². The van der Waals surface area contributed by atoms with E-state index in [2.05, 4.69) is 10.6 Å². The quantitative estimate of drug-likeness (QED) is 0.667. The molecule has 5 nitrogen and oxygen atoms in total. The molecule has 0 atom stereocenters. The second kappa shape index (κ2) is 2.47. The summed E-state index contributed by atoms with van der Waals surface area (Å²) in [5.74, 6) is 0.483. The van der Waals surface area contributed by atoms with Crippen LogP contribution in [0.25, 0.3) is 10.9 Å². The molecule has 1 aromatic carbocycles. The Morgan fingerprint density at radius 3 is 3.29 bits per heavy atom. The van der Waals surface area contributed by atoms with Crippen molar-refractivity contribution >= 4 is 16.8 Å². The molecule has 1 N–H and O–H groups in total. The van der Waals surface area contributed by atoms with Crippen molar-refractivity contribution in [2.45, 2.75) is 6.42 Å². The summed E-state index contributed by atoms with van der Waals surface area (Å²) in [6.45, 7) is 0. The zero-order valence-electron chi connectivity index (χ0n) is 7.11. The molecular formula is C9H6N2O3. The van der Waals surface area contributed by atoms with Gasteiger partial charge in [-0.2, -0.15) is 5.48 Å². The van der Waals surface area contributed by atoms with Crippen molar-refractivity contribution in [3.8, 4) is 5.75 Å². The molecule has 70 valence electrons. The van der Waals surface area contributed by atoms with E-state index in [0.29, 0.717) is 12.2 Å². The minimum Gasteiger partial charge on any atom is -0.378 e. The van der Waals surface area contributed by atoms with Gasteiger partial charge in [0.25, 0.3) is 5.91 Å². The van der Waals surface area contributed by atoms with Crippen LogP contribution >= 0.6 is 0 Å². The number of nitrogens with one attached hydrogen (secondary N) is 1. The first kappa shape index (κ1) is 7.37. The van der Waals surface area contributed by atoms with Gasteiger partial charge in [0.2, 0.25) is 0 Å². The fourth-order valence-corrected chi connectivity index (χ4v) is 1.54. The van der Waals surface area contributed by atoms with Gasteiger partial charge in [0, 0.05) is 5.56 Å². The highest BCUT2D eigenvalue weighted by atomic mass is 16.7. The Kier molecular flexibility index (Phi) is 1.30. The smallest absolute Gasteiger partial charge is 0.257 e. The summed E-state index contributed by atoms with van der Waals surface area (Å²) >= 11 is 0. The molecule has 2 aromatic rings. The number of nitrogens with zero attached hydrogens (tertiary/aromatic N) is 1. The number of amides is 1. The Morgan fingerprint density at radius 1 is 1.43 bits per heavy atom. The lowest BCUT2D eigenvalue weighted by atomic mass is 10.1. The molecule has 0 saturated heterocycles. The Hall–Kier alpha value is -2.04. The first-order valence-electron chi connectivity index (χ1n) is 4.16. The molecule has 1 amide bonds. The molecule has 0 fully saturated rings. The van der Waals surface area contributed by atoms with E-state index in [1.165, 1.54) is 6.26 Å². The van der Waals surface area contributed by atoms with E-state index in [0.717, 1.165) is 16.5 Å². The second-order valence-corrected chi connectivity index (χ2v) is 3.11. The number of hydrogen-bond donors (Lipinski definition) is 1. The van der Waals surface area contributed by atoms with Gasteiger partial charge in [-0.1, -0.05) is 11.2 Å². The maximum absolute atomic E-state index is 11.0. The van der Waals surface area contributed by atoms with Crippen LogP contribution in [0.2, 0.25) is 0 Å². The summed E-state index contributed by atoms with van der Waals surface area (Å²) in [5, 5.41) is 4.56. The summed E-state index contributed by atoms with van der Waals surface area (Å²) in [4.78, 5) is 16.1. The maximum atomic E-state index is 11.0. The molecule has 0 unspecified atom stereocenters. The standard InChI is InChI=1S/C9H6N2O3/c12-8-3-5-1-2-7-6(4-13-10-7)9(5)14-11-8/h1-2,4H,3H2,(H,11,12). The molecule has 0 bridgehead atoms. The molecule has 1 aromatic heterocycles. The topological polar surface area (TPSA) is 64.4 Å². The van der Waals surface area contributed by atoms with Crippen LogP contribution in [0, 0.1) is 0 Å². The van der Waals surface area contributed by atoms with Gasteiger partial charge in [0.1, 0.15) is 11.8 Å². The Labute approximate surface area is 78.6 Å². The van der Waals surface area contributed by atoms with Gasteiger partial charge in [0.05, 0.1) is 11.8 Å². The van der Waals surface area contributed by atoms with E-state index in [1.807, 2.05) is 6.07 Å². The number of rotatable bonds is 0. The minimum absolute atomic E-state index is 0.145. The minimum atomic E-state index is -0.145. The van der Waals surface area contributed by atoms with Crippen molar-refractivity contribution in [3.05, 3.63) is 24.0 Å². The lowest BCUT2D eigenvalue weighted by Gasteiger charge is -2.16. The predicted octanol–water partition coefficient (Wildman–Crippen LogP) is 0.794. The number of benzene rings is 1. The molecule has 0 radical (unpaired) electrons. The van der Waals surface area contributed by atoms with E-state index in [1.54, 1.807) is 6.07 Å². The van der Waals surface area contributed by atoms with Crippen molar-refractivity contribution in [1.82, 2.24) is 10.6 Å². The third-order valence-corrected chi connectivity index (χ3v) is 2.19. The zero-order valence-corrected chi connectivity index (χ0v) is 7.11. The highest BCUT2D eigenvalue weighted by Crippen LogP contribution is 2.30. The van der Waals surface area contributed by atoms with Gasteiger partial charge < -0.3 is 9.36 Å². The van der Waals surface area contributed by atoms with Crippen molar-refractivity contribution in [1.29, 1.82) is 0 Å². The van der Waals surface area contributed by atoms with E-state index in [4.69, 9.17) is 9.36 Å². The molecule has 14 heavy (non-hydrogen) atoms. The highest BCUT2D eigenvalue weighted by Gasteiger charge is 2.20. The summed E-state index contributed by atoms with van der Waals surface area (Å²) in [6, 6.07) is 3.62. The summed E-state index contributed by atoms with van der Waals surface area (Å²) < 4.78 is 4.82. The van der Waals surface area contributed by atoms with Gasteiger partial charge in [-0.3, -0.25) is 4.79 Å². The number of hydrogen-bond acceptors (Lipinski definition) is 4. The number of carbonyl (C=O) groups is 1. The molecule has 1 aliphatic rings. The zero-order chi connectivity index (χ0) is 9.54. The molecular weight excluding hydrogens is 184 g/mol. The van der Waals surface area contributed by atoms with Crippen LogP contribution in [0.5, 0.6) is 5.75 Å². The molecule has 5 heteroatoms. The lowest BCUT2D eigenvalue weighted by Crippen LogP contribution is -2.33. The van der Waals surface area contributed by atoms with Crippen molar-refractivity contribution < 1.29 is 14.2 Å². The monoisotopic (exact) mass is 190 g/mol. The number of carbonyl (C=O) groups excluding carboxylic acids is 1. The summed E-state index contributed by atoms with van der Waals surface area (Å²) in [5.41, 5.74) is 3.89. The van der Waals surface area contributed by atoms with Crippen LogP contribution in [0.4, 0.5) is 0 Å². The average molecular weight is 190 g/mol. The van der Waals surface area contributed by atoms with Crippen LogP contribution in [0.3, 0.4) is 0 Å². The van der Waals surface area contributed by atoms with E-state index in [9.17, 15) is 4.79 Å². The first-order valence-corrected chi connectivity index (χ1v) is 4.16. The Balaban J connectivity index is 2.29. The third kappa shape index (κ3) is 0.891. The molecule has 1 aliphatic heterocycles. The van der Waals surface area contributed by atoms with E-state index < -0.39 is 0 Å². The number of hydroxylamine groups is 1. The van der Waals surface area contributed by atoms with Crippen LogP contribution in [-0.2, 0) is 11.2 Å². The Morgan fingerprint density at radius 2 is 2.36 bits per heavy atom. The number of aromatic nitrogens is 1. The van der Waals surface area contributed by atoms with Crippen LogP contribution in [0.1, 0.15) is 5.56 Å². The fraction of sp³-hybridized carbons (Fsp3) is 0.111. The maximum Gasteiger partial charge on any atom is 0.257 e. The molecule has 3 rings (SSSR count). The SMILES string of the molecule is O=C1Cc2ccc3nocc3c2ON1. The van der Waals surface area contributed by atoms with Gasteiger partial charge in [-0.05, 0) is 6.07 Å². The summed E-state index contributed by atoms with van der Waals surface area (Å²) in [6.07, 6.45) is 1.84. The van der Waals surface area contributed by atoms with Gasteiger partial charge >= 0.3 is 0 Å². The summed E-state index contributed by atoms with van der Waals surface area (Å²) in [7, 11) is 0. The molecule has 2 heterocycles. The predicted molar refractivity (Wildman–Crippen MR) is 46.5 cm³/mol. The van der Waals surface area contributed by atoms with Gasteiger partial charge in [-0.25, -0.2) is 0 Å². The van der Waals surface area contributed by atoms with Crippen LogP contribution < -0.4 is 10.3 Å². The van der Waals surface area contributed by atoms with Crippen molar-refractivity contribution in [2.24, 2.45) is 0 Å². The fourth-order valence-electron chi connectivity index (χ4n) is 1.54. The normalized spacial score (nSPS) is 14.7.